The van der Waals surface area contributed by atoms with Crippen LogP contribution in [0.5, 0.6) is 11.5 Å². The number of carbonyl (C=O) groups excluding carboxylic acids is 1. The molecule has 0 radical (unpaired) electrons. The zero-order chi connectivity index (χ0) is 18.6. The molecule has 2 N–H and O–H groups in total. The quantitative estimate of drug-likeness (QED) is 0.719. The summed E-state index contributed by atoms with van der Waals surface area (Å²) >= 11 is 0. The summed E-state index contributed by atoms with van der Waals surface area (Å²) in [7, 11) is 0. The lowest BCUT2D eigenvalue weighted by molar-refractivity contribution is 0.102. The van der Waals surface area contributed by atoms with Crippen molar-refractivity contribution in [3.63, 3.8) is 0 Å². The summed E-state index contributed by atoms with van der Waals surface area (Å²) in [6.07, 6.45) is 3.89. The number of aryl methyl sites for hydroxylation is 1. The highest BCUT2D eigenvalue weighted by Crippen LogP contribution is 2.34. The number of benzene rings is 2. The van der Waals surface area contributed by atoms with Crippen molar-refractivity contribution in [3.05, 3.63) is 66.0 Å². The zero-order valence-electron chi connectivity index (χ0n) is 14.7. The van der Waals surface area contributed by atoms with Gasteiger partial charge < -0.3 is 20.1 Å². The number of ether oxygens (including phenoxy) is 2. The molecule has 27 heavy (non-hydrogen) atoms. The zero-order valence-corrected chi connectivity index (χ0v) is 14.7. The molecule has 0 saturated carbocycles. The second-order valence-electron chi connectivity index (χ2n) is 5.95. The summed E-state index contributed by atoms with van der Waals surface area (Å²) in [5.41, 5.74) is 3.11. The molecule has 3 aromatic rings. The second kappa shape index (κ2) is 7.33. The fraction of sp³-hybridized carbons (Fsp3) is 0.150. The Morgan fingerprint density at radius 3 is 2.67 bits per heavy atom. The number of nitrogens with zero attached hydrogens (tertiary/aromatic N) is 2. The lowest BCUT2D eigenvalue weighted by Gasteiger charge is -2.10. The summed E-state index contributed by atoms with van der Waals surface area (Å²) in [5, 5.41) is 5.98. The third kappa shape index (κ3) is 3.67. The lowest BCUT2D eigenvalue weighted by atomic mass is 10.1. The summed E-state index contributed by atoms with van der Waals surface area (Å²) in [6.45, 7) is 2.28. The molecule has 0 unspecified atom stereocenters. The standard InChI is InChI=1S/C20H18N4O3/c1-2-13-5-3-4-6-16(13)24-20-21-10-14(11-22-20)19(25)23-15-7-8-17-18(9-15)27-12-26-17/h3-11H,2,12H2,1H3,(H,23,25)(H,21,22,24). The van der Waals surface area contributed by atoms with E-state index in [1.54, 1.807) is 18.2 Å². The number of aromatic nitrogens is 2. The first-order valence-corrected chi connectivity index (χ1v) is 8.61. The molecule has 0 bridgehead atoms. The first-order valence-electron chi connectivity index (χ1n) is 8.61. The number of hydrogen-bond acceptors (Lipinski definition) is 6. The predicted octanol–water partition coefficient (Wildman–Crippen LogP) is 3.76. The molecule has 0 fully saturated rings. The normalized spacial score (nSPS) is 11.9. The van der Waals surface area contributed by atoms with Gasteiger partial charge in [0.1, 0.15) is 0 Å². The van der Waals surface area contributed by atoms with Gasteiger partial charge in [0.2, 0.25) is 12.7 Å². The summed E-state index contributed by atoms with van der Waals surface area (Å²) in [4.78, 5) is 20.9. The van der Waals surface area contributed by atoms with E-state index in [2.05, 4.69) is 33.6 Å². The third-order valence-corrected chi connectivity index (χ3v) is 4.19. The van der Waals surface area contributed by atoms with Crippen LogP contribution in [0.25, 0.3) is 0 Å². The van der Waals surface area contributed by atoms with Crippen LogP contribution in [0.3, 0.4) is 0 Å². The fourth-order valence-corrected chi connectivity index (χ4v) is 2.76. The van der Waals surface area contributed by atoms with Gasteiger partial charge in [0.25, 0.3) is 5.91 Å². The van der Waals surface area contributed by atoms with Crippen LogP contribution in [0.4, 0.5) is 17.3 Å². The SMILES string of the molecule is CCc1ccccc1Nc1ncc(C(=O)Nc2ccc3c(c2)OCO3)cn1. The van der Waals surface area contributed by atoms with E-state index in [9.17, 15) is 4.79 Å². The van der Waals surface area contributed by atoms with Gasteiger partial charge in [0.15, 0.2) is 11.5 Å². The molecule has 0 saturated heterocycles. The van der Waals surface area contributed by atoms with E-state index in [0.29, 0.717) is 28.7 Å². The first-order chi connectivity index (χ1) is 13.2. The van der Waals surface area contributed by atoms with E-state index in [4.69, 9.17) is 9.47 Å². The molecule has 1 aliphatic rings. The van der Waals surface area contributed by atoms with Crippen molar-refractivity contribution in [2.75, 3.05) is 17.4 Å². The van der Waals surface area contributed by atoms with Crippen LogP contribution in [0.15, 0.2) is 54.9 Å². The number of para-hydroxylation sites is 1. The number of hydrogen-bond donors (Lipinski definition) is 2. The number of carbonyl (C=O) groups is 1. The molecule has 7 nitrogen and oxygen atoms in total. The van der Waals surface area contributed by atoms with Gasteiger partial charge >= 0.3 is 0 Å². The molecule has 136 valence electrons. The molecule has 0 atom stereocenters. The van der Waals surface area contributed by atoms with E-state index in [-0.39, 0.29) is 12.7 Å². The molecule has 1 amide bonds. The van der Waals surface area contributed by atoms with Crippen molar-refractivity contribution in [2.45, 2.75) is 13.3 Å². The molecule has 0 spiro atoms. The Balaban J connectivity index is 1.44. The van der Waals surface area contributed by atoms with Crippen molar-refractivity contribution in [3.8, 4) is 11.5 Å². The highest BCUT2D eigenvalue weighted by atomic mass is 16.7. The monoisotopic (exact) mass is 362 g/mol. The Morgan fingerprint density at radius 1 is 1.07 bits per heavy atom. The van der Waals surface area contributed by atoms with E-state index in [0.717, 1.165) is 12.1 Å². The fourth-order valence-electron chi connectivity index (χ4n) is 2.76. The van der Waals surface area contributed by atoms with Gasteiger partial charge in [0, 0.05) is 29.8 Å². The van der Waals surface area contributed by atoms with E-state index < -0.39 is 0 Å². The molecule has 4 rings (SSSR count). The third-order valence-electron chi connectivity index (χ3n) is 4.19. The molecule has 1 aliphatic heterocycles. The number of nitrogens with one attached hydrogen (secondary N) is 2. The van der Waals surface area contributed by atoms with Crippen LogP contribution in [0, 0.1) is 0 Å². The van der Waals surface area contributed by atoms with Gasteiger partial charge in [-0.3, -0.25) is 4.79 Å². The van der Waals surface area contributed by atoms with Gasteiger partial charge in [-0.2, -0.15) is 0 Å². The first kappa shape index (κ1) is 16.8. The Kier molecular flexibility index (Phi) is 4.57. The molecule has 0 aliphatic carbocycles. The van der Waals surface area contributed by atoms with Crippen LogP contribution < -0.4 is 20.1 Å². The van der Waals surface area contributed by atoms with Gasteiger partial charge in [0.05, 0.1) is 5.56 Å². The molecule has 7 heteroatoms. The number of anilines is 3. The topological polar surface area (TPSA) is 85.4 Å². The molecule has 2 aromatic carbocycles. The Labute approximate surface area is 156 Å². The van der Waals surface area contributed by atoms with Gasteiger partial charge in [-0.1, -0.05) is 25.1 Å². The van der Waals surface area contributed by atoms with Crippen molar-refractivity contribution in [2.24, 2.45) is 0 Å². The van der Waals surface area contributed by atoms with E-state index in [1.807, 2.05) is 18.2 Å². The number of amides is 1. The van der Waals surface area contributed by atoms with Crippen LogP contribution >= 0.6 is 0 Å². The summed E-state index contributed by atoms with van der Waals surface area (Å²) in [6, 6.07) is 13.2. The molecule has 1 aromatic heterocycles. The average Bonchev–Trinajstić information content (AvgIpc) is 3.17. The minimum Gasteiger partial charge on any atom is -0.454 e. The van der Waals surface area contributed by atoms with Crippen molar-refractivity contribution >= 4 is 23.2 Å². The number of fused-ring (bicyclic) bond motifs is 1. The highest BCUT2D eigenvalue weighted by molar-refractivity contribution is 6.04. The highest BCUT2D eigenvalue weighted by Gasteiger charge is 2.15. The van der Waals surface area contributed by atoms with Crippen LogP contribution in [0.1, 0.15) is 22.8 Å². The maximum Gasteiger partial charge on any atom is 0.258 e. The maximum atomic E-state index is 12.4. The smallest absolute Gasteiger partial charge is 0.258 e. The van der Waals surface area contributed by atoms with Crippen molar-refractivity contribution in [1.29, 1.82) is 0 Å². The van der Waals surface area contributed by atoms with Crippen LogP contribution in [0.2, 0.25) is 0 Å². The van der Waals surface area contributed by atoms with E-state index >= 15 is 0 Å². The minimum atomic E-state index is -0.297. The van der Waals surface area contributed by atoms with Crippen LogP contribution in [-0.2, 0) is 6.42 Å². The lowest BCUT2D eigenvalue weighted by Crippen LogP contribution is -2.13. The number of rotatable bonds is 5. The molecular weight excluding hydrogens is 344 g/mol. The largest absolute Gasteiger partial charge is 0.454 e. The molecular formula is C20H18N4O3. The molecule has 2 heterocycles. The van der Waals surface area contributed by atoms with Crippen molar-refractivity contribution in [1.82, 2.24) is 9.97 Å². The Morgan fingerprint density at radius 2 is 1.85 bits per heavy atom. The average molecular weight is 362 g/mol. The summed E-state index contributed by atoms with van der Waals surface area (Å²) in [5.74, 6) is 1.42. The van der Waals surface area contributed by atoms with E-state index in [1.165, 1.54) is 18.0 Å². The second-order valence-corrected chi connectivity index (χ2v) is 5.95. The van der Waals surface area contributed by atoms with Crippen molar-refractivity contribution < 1.29 is 14.3 Å². The Hall–Kier alpha value is -3.61. The van der Waals surface area contributed by atoms with Crippen LogP contribution in [-0.4, -0.2) is 22.7 Å². The van der Waals surface area contributed by atoms with Gasteiger partial charge in [-0.05, 0) is 30.2 Å². The maximum absolute atomic E-state index is 12.4. The summed E-state index contributed by atoms with van der Waals surface area (Å²) < 4.78 is 10.6. The minimum absolute atomic E-state index is 0.191. The van der Waals surface area contributed by atoms with Gasteiger partial charge in [-0.15, -0.1) is 0 Å². The Bertz CT molecular complexity index is 973. The predicted molar refractivity (Wildman–Crippen MR) is 102 cm³/mol. The van der Waals surface area contributed by atoms with Gasteiger partial charge in [-0.25, -0.2) is 9.97 Å².